The topological polar surface area (TPSA) is 106 Å². The smallest absolute Gasteiger partial charge is 0.337 e. The molecule has 0 unspecified atom stereocenters. The van der Waals surface area contributed by atoms with Crippen LogP contribution in [0.2, 0.25) is 0 Å². The van der Waals surface area contributed by atoms with E-state index in [0.717, 1.165) is 87.2 Å². The van der Waals surface area contributed by atoms with Gasteiger partial charge in [-0.15, -0.1) is 34.0 Å². The first-order chi connectivity index (χ1) is 29.7. The molecule has 10 aromatic heterocycles. The first kappa shape index (κ1) is 38.5. The van der Waals surface area contributed by atoms with Gasteiger partial charge in [0.25, 0.3) is 0 Å². The van der Waals surface area contributed by atoms with E-state index in [0.29, 0.717) is 0 Å². The third-order valence-electron chi connectivity index (χ3n) is 10.2. The molecule has 0 bridgehead atoms. The number of hydrogen-bond donors (Lipinski definition) is 1. The van der Waals surface area contributed by atoms with Crippen molar-refractivity contribution < 1.29 is 19.8 Å². The van der Waals surface area contributed by atoms with Crippen LogP contribution < -0.4 is 0 Å². The SMILES string of the molecule is [Os+4].c1cnc2c(c1)ccc1cccnc12.c1cnc2c(c1)ccc1cccnc12.c1csc(-c2ccc(-c3ccc(-c4nc5c6cccnc6c6ncccc6c5[nH]4)s3)s2)c1. The Morgan fingerprint density at radius 3 is 1.25 bits per heavy atom. The monoisotopic (exact) mass is 1020 g/mol. The molecule has 13 rings (SSSR count). The molecule has 3 aromatic carbocycles. The predicted molar refractivity (Wildman–Crippen MR) is 251 cm³/mol. The van der Waals surface area contributed by atoms with Crippen LogP contribution in [0.25, 0.3) is 107 Å². The predicted octanol–water partition coefficient (Wildman–Crippen LogP) is 13.4. The fourth-order valence-electron chi connectivity index (χ4n) is 7.44. The maximum atomic E-state index is 5.01. The van der Waals surface area contributed by atoms with E-state index in [1.807, 2.05) is 60.1 Å². The average Bonchev–Trinajstić information content (AvgIpc) is 4.17. The molecule has 0 saturated carbocycles. The molecule has 0 aliphatic heterocycles. The van der Waals surface area contributed by atoms with Crippen LogP contribution >= 0.6 is 34.0 Å². The number of rotatable bonds is 3. The van der Waals surface area contributed by atoms with Crippen molar-refractivity contribution in [1.29, 1.82) is 0 Å². The van der Waals surface area contributed by atoms with Gasteiger partial charge in [-0.25, -0.2) is 4.98 Å². The number of nitrogens with zero attached hydrogens (tertiary/aromatic N) is 7. The van der Waals surface area contributed by atoms with Crippen molar-refractivity contribution in [2.75, 3.05) is 0 Å². The van der Waals surface area contributed by atoms with Crippen LogP contribution in [-0.4, -0.2) is 39.9 Å². The minimum absolute atomic E-state index is 0. The Balaban J connectivity index is 0.000000127. The van der Waals surface area contributed by atoms with Crippen LogP contribution in [0, 0.1) is 0 Å². The summed E-state index contributed by atoms with van der Waals surface area (Å²) in [6, 6.07) is 45.4. The summed E-state index contributed by atoms with van der Waals surface area (Å²) in [6.07, 6.45) is 10.8. The maximum absolute atomic E-state index is 5.01. The van der Waals surface area contributed by atoms with Gasteiger partial charge >= 0.3 is 19.8 Å². The molecule has 0 aliphatic rings. The molecule has 8 nitrogen and oxygen atoms in total. The quantitative estimate of drug-likeness (QED) is 0.176. The number of pyridine rings is 6. The van der Waals surface area contributed by atoms with Crippen LogP contribution in [0.4, 0.5) is 0 Å². The van der Waals surface area contributed by atoms with Crippen LogP contribution in [0.1, 0.15) is 0 Å². The molecular formula is C49H30N8OsS3+4. The molecule has 10 heterocycles. The molecule has 61 heavy (non-hydrogen) atoms. The van der Waals surface area contributed by atoms with Gasteiger partial charge in [-0.05, 0) is 84.2 Å². The van der Waals surface area contributed by atoms with Gasteiger partial charge in [-0.3, -0.25) is 29.9 Å². The number of fused-ring (bicyclic) bond motifs is 12. The Morgan fingerprint density at radius 1 is 0.344 bits per heavy atom. The van der Waals surface area contributed by atoms with Gasteiger partial charge in [0, 0.05) is 89.0 Å². The minimum atomic E-state index is 0. The summed E-state index contributed by atoms with van der Waals surface area (Å²) in [5.41, 5.74) is 7.65. The molecule has 0 aliphatic carbocycles. The number of thiophene rings is 3. The maximum Gasteiger partial charge on any atom is 4.00 e. The van der Waals surface area contributed by atoms with Gasteiger partial charge in [-0.2, -0.15) is 0 Å². The number of hydrogen-bond acceptors (Lipinski definition) is 10. The molecule has 0 atom stereocenters. The second-order valence-corrected chi connectivity index (χ2v) is 17.0. The zero-order valence-electron chi connectivity index (χ0n) is 32.0. The van der Waals surface area contributed by atoms with E-state index in [4.69, 9.17) is 4.98 Å². The van der Waals surface area contributed by atoms with Gasteiger partial charge in [0.15, 0.2) is 0 Å². The number of H-pyrrole nitrogens is 1. The zero-order valence-corrected chi connectivity index (χ0v) is 36.9. The van der Waals surface area contributed by atoms with Gasteiger partial charge in [-0.1, -0.05) is 54.6 Å². The summed E-state index contributed by atoms with van der Waals surface area (Å²) in [5.74, 6) is 0.882. The van der Waals surface area contributed by atoms with E-state index < -0.39 is 0 Å². The fraction of sp³-hybridized carbons (Fsp3) is 0. The molecule has 12 heteroatoms. The van der Waals surface area contributed by atoms with E-state index in [2.05, 4.69) is 137 Å². The molecule has 0 radical (unpaired) electrons. The molecule has 0 spiro atoms. The van der Waals surface area contributed by atoms with Gasteiger partial charge in [0.05, 0.1) is 49.0 Å². The summed E-state index contributed by atoms with van der Waals surface area (Å²) in [7, 11) is 0. The first-order valence-corrected chi connectivity index (χ1v) is 21.7. The van der Waals surface area contributed by atoms with Crippen molar-refractivity contribution in [3.8, 4) is 30.2 Å². The van der Waals surface area contributed by atoms with Crippen LogP contribution in [-0.2, 0) is 19.8 Å². The Bertz CT molecular complexity index is 3360. The Morgan fingerprint density at radius 2 is 0.754 bits per heavy atom. The number of imidazole rings is 1. The van der Waals surface area contributed by atoms with Gasteiger partial charge < -0.3 is 4.98 Å². The fourth-order valence-corrected chi connectivity index (χ4v) is 10.3. The number of aromatic nitrogens is 8. The average molecular weight is 1020 g/mol. The van der Waals surface area contributed by atoms with Crippen molar-refractivity contribution >= 4 is 110 Å². The normalized spacial score (nSPS) is 11.1. The molecule has 0 fully saturated rings. The number of aromatic amines is 1. The third kappa shape index (κ3) is 7.34. The van der Waals surface area contributed by atoms with E-state index in [-0.39, 0.29) is 19.8 Å². The van der Waals surface area contributed by atoms with Crippen molar-refractivity contribution in [2.24, 2.45) is 0 Å². The van der Waals surface area contributed by atoms with Gasteiger partial charge in [0.2, 0.25) is 0 Å². The molecule has 0 amide bonds. The molecule has 288 valence electrons. The molecule has 13 aromatic rings. The Hall–Kier alpha value is -6.67. The Labute approximate surface area is 373 Å². The minimum Gasteiger partial charge on any atom is -0.337 e. The second-order valence-electron chi connectivity index (χ2n) is 13.8. The summed E-state index contributed by atoms with van der Waals surface area (Å²) < 4.78 is 0. The zero-order chi connectivity index (χ0) is 39.8. The van der Waals surface area contributed by atoms with E-state index in [1.54, 1.807) is 47.5 Å². The summed E-state index contributed by atoms with van der Waals surface area (Å²) in [6.45, 7) is 0. The van der Waals surface area contributed by atoms with E-state index in [9.17, 15) is 0 Å². The largest absolute Gasteiger partial charge is 4.00 e. The van der Waals surface area contributed by atoms with Gasteiger partial charge in [0.1, 0.15) is 5.82 Å². The number of benzene rings is 3. The van der Waals surface area contributed by atoms with Crippen molar-refractivity contribution in [2.45, 2.75) is 0 Å². The first-order valence-electron chi connectivity index (χ1n) is 19.2. The van der Waals surface area contributed by atoms with Crippen LogP contribution in [0.5, 0.6) is 0 Å². The van der Waals surface area contributed by atoms with Crippen molar-refractivity contribution in [1.82, 2.24) is 39.9 Å². The Kier molecular flexibility index (Phi) is 10.6. The standard InChI is InChI=1S/C25H14N4S3.2C12H8N2.Os/c1-4-14-21(26-11-1)22-15(5-2-12-27-22)24-23(14)28-25(29-24)20-10-9-19(32-20)18-8-7-17(31-18)16-6-3-13-30-16;2*1-3-9-5-6-10-4-2-8-14-12(10)11(9)13-7-1;/h1-13H,(H,28,29);2*1-8H;/q;;;+4. The summed E-state index contributed by atoms with van der Waals surface area (Å²) in [5, 5.41) is 8.74. The number of nitrogens with one attached hydrogen (secondary N) is 1. The van der Waals surface area contributed by atoms with E-state index in [1.165, 1.54) is 19.5 Å². The summed E-state index contributed by atoms with van der Waals surface area (Å²) in [4.78, 5) is 41.5. The summed E-state index contributed by atoms with van der Waals surface area (Å²) >= 11 is 5.38. The molecule has 0 saturated heterocycles. The second kappa shape index (κ2) is 16.8. The van der Waals surface area contributed by atoms with Crippen LogP contribution in [0.3, 0.4) is 0 Å². The molecule has 1 N–H and O–H groups in total. The van der Waals surface area contributed by atoms with Crippen molar-refractivity contribution in [3.05, 3.63) is 176 Å². The molecular weight excluding hydrogens is 987 g/mol. The van der Waals surface area contributed by atoms with Crippen molar-refractivity contribution in [3.63, 3.8) is 0 Å². The van der Waals surface area contributed by atoms with Crippen LogP contribution in [0.15, 0.2) is 176 Å². The van der Waals surface area contributed by atoms with E-state index >= 15 is 0 Å². The third-order valence-corrected chi connectivity index (χ3v) is 13.6.